The Morgan fingerprint density at radius 3 is 1.22 bits per heavy atom. The van der Waals surface area contributed by atoms with Crippen molar-refractivity contribution in [2.75, 3.05) is 9.80 Å². The quantitative estimate of drug-likeness (QED) is 0.115. The first kappa shape index (κ1) is 31.4. The Morgan fingerprint density at radius 1 is 0.540 bits per heavy atom. The molecule has 1 aromatic heterocycles. The van der Waals surface area contributed by atoms with E-state index < -0.39 is 5.97 Å². The minimum Gasteiger partial charge on any atom is -0.477 e. The smallest absolute Gasteiger partial charge is 0.346 e. The number of nitriles is 1. The van der Waals surface area contributed by atoms with E-state index in [1.807, 2.05) is 127 Å². The van der Waals surface area contributed by atoms with Crippen molar-refractivity contribution in [2.24, 2.45) is 0 Å². The summed E-state index contributed by atoms with van der Waals surface area (Å²) in [5.74, 6) is -0.438. The standard InChI is InChI=1S/C42H29N5O3/c43-29-33(42(48)49)28-30-16-22-37(23-17-30)47(36-14-8-3-9-15-36)39-26-20-32(21-27-39)41-45-44-40(50-41)31-18-24-38(25-19-31)46(34-10-4-1-5-11-34)35-12-6-2-7-13-35/h1-28H,(H,48,49)/b33-28+. The van der Waals surface area contributed by atoms with Gasteiger partial charge in [-0.15, -0.1) is 10.2 Å². The van der Waals surface area contributed by atoms with Crippen LogP contribution in [0.15, 0.2) is 174 Å². The highest BCUT2D eigenvalue weighted by molar-refractivity contribution is 5.96. The molecule has 0 amide bonds. The third-order valence-corrected chi connectivity index (χ3v) is 8.03. The third kappa shape index (κ3) is 6.74. The molecule has 0 unspecified atom stereocenters. The lowest BCUT2D eigenvalue weighted by atomic mass is 10.1. The predicted molar refractivity (Wildman–Crippen MR) is 196 cm³/mol. The van der Waals surface area contributed by atoms with E-state index >= 15 is 0 Å². The first-order chi connectivity index (χ1) is 24.6. The molecule has 0 aliphatic rings. The maximum Gasteiger partial charge on any atom is 0.346 e. The number of anilines is 6. The van der Waals surface area contributed by atoms with Crippen molar-refractivity contribution in [2.45, 2.75) is 0 Å². The summed E-state index contributed by atoms with van der Waals surface area (Å²) in [6.07, 6.45) is 1.35. The molecule has 7 aromatic rings. The molecule has 6 aromatic carbocycles. The number of hydrogen-bond donors (Lipinski definition) is 1. The molecular formula is C42H29N5O3. The number of carboxylic acids is 1. The van der Waals surface area contributed by atoms with Gasteiger partial charge in [0.05, 0.1) is 0 Å². The van der Waals surface area contributed by atoms with Gasteiger partial charge in [-0.25, -0.2) is 4.79 Å². The van der Waals surface area contributed by atoms with Gasteiger partial charge in [-0.1, -0.05) is 66.7 Å². The van der Waals surface area contributed by atoms with Gasteiger partial charge in [-0.05, 0) is 109 Å². The van der Waals surface area contributed by atoms with E-state index in [0.717, 1.165) is 45.3 Å². The Kier molecular flexibility index (Phi) is 8.94. The molecule has 0 aliphatic carbocycles. The van der Waals surface area contributed by atoms with Crippen molar-refractivity contribution in [1.82, 2.24) is 10.2 Å². The molecule has 0 saturated carbocycles. The number of nitrogens with zero attached hydrogens (tertiary/aromatic N) is 5. The van der Waals surface area contributed by atoms with Crippen LogP contribution in [0.3, 0.4) is 0 Å². The summed E-state index contributed by atoms with van der Waals surface area (Å²) in [7, 11) is 0. The van der Waals surface area contributed by atoms with E-state index in [-0.39, 0.29) is 5.57 Å². The van der Waals surface area contributed by atoms with Gasteiger partial charge in [0.1, 0.15) is 11.6 Å². The number of hydrogen-bond acceptors (Lipinski definition) is 7. The van der Waals surface area contributed by atoms with E-state index in [1.165, 1.54) is 6.08 Å². The maximum absolute atomic E-state index is 11.3. The van der Waals surface area contributed by atoms with Gasteiger partial charge in [0.15, 0.2) is 0 Å². The Labute approximate surface area is 289 Å². The molecule has 240 valence electrons. The molecule has 0 atom stereocenters. The number of para-hydroxylation sites is 3. The van der Waals surface area contributed by atoms with Crippen LogP contribution in [-0.2, 0) is 4.79 Å². The lowest BCUT2D eigenvalue weighted by Gasteiger charge is -2.25. The van der Waals surface area contributed by atoms with Crippen LogP contribution in [0.2, 0.25) is 0 Å². The zero-order valence-corrected chi connectivity index (χ0v) is 26.7. The van der Waals surface area contributed by atoms with Crippen LogP contribution >= 0.6 is 0 Å². The third-order valence-electron chi connectivity index (χ3n) is 8.03. The van der Waals surface area contributed by atoms with Gasteiger partial charge in [0.2, 0.25) is 11.8 Å². The minimum absolute atomic E-state index is 0.327. The van der Waals surface area contributed by atoms with Crippen molar-refractivity contribution in [3.05, 3.63) is 175 Å². The second-order valence-corrected chi connectivity index (χ2v) is 11.3. The van der Waals surface area contributed by atoms with Gasteiger partial charge in [0.25, 0.3) is 0 Å². The fourth-order valence-electron chi connectivity index (χ4n) is 5.62. The zero-order valence-electron chi connectivity index (χ0n) is 26.7. The molecule has 1 heterocycles. The lowest BCUT2D eigenvalue weighted by Crippen LogP contribution is -2.09. The average Bonchev–Trinajstić information content (AvgIpc) is 3.67. The Hall–Kier alpha value is -7.24. The van der Waals surface area contributed by atoms with Crippen LogP contribution in [0.25, 0.3) is 29.0 Å². The number of rotatable bonds is 10. The van der Waals surface area contributed by atoms with Crippen molar-refractivity contribution < 1.29 is 14.3 Å². The number of aliphatic carboxylic acids is 1. The molecule has 0 aliphatic heterocycles. The summed E-state index contributed by atoms with van der Waals surface area (Å²) < 4.78 is 6.15. The van der Waals surface area contributed by atoms with Crippen LogP contribution in [0, 0.1) is 11.3 Å². The SMILES string of the molecule is N#C/C(=C\c1ccc(N(c2ccccc2)c2ccc(-c3nnc(-c4ccc(N(c5ccccc5)c5ccccc5)cc4)o3)cc2)cc1)C(=O)O. The second-order valence-electron chi connectivity index (χ2n) is 11.3. The Morgan fingerprint density at radius 2 is 0.880 bits per heavy atom. The van der Waals surface area contributed by atoms with E-state index in [0.29, 0.717) is 17.3 Å². The van der Waals surface area contributed by atoms with E-state index in [2.05, 4.69) is 44.3 Å². The average molecular weight is 652 g/mol. The van der Waals surface area contributed by atoms with Gasteiger partial charge >= 0.3 is 5.97 Å². The van der Waals surface area contributed by atoms with Crippen LogP contribution in [0.4, 0.5) is 34.1 Å². The highest BCUT2D eigenvalue weighted by Crippen LogP contribution is 2.37. The molecule has 0 fully saturated rings. The fourth-order valence-corrected chi connectivity index (χ4v) is 5.62. The summed E-state index contributed by atoms with van der Waals surface area (Å²) >= 11 is 0. The number of carbonyl (C=O) groups is 1. The summed E-state index contributed by atoms with van der Waals surface area (Å²) in [5.41, 5.74) is 7.67. The molecule has 0 bridgehead atoms. The number of aromatic nitrogens is 2. The molecule has 0 spiro atoms. The lowest BCUT2D eigenvalue weighted by molar-refractivity contribution is -0.132. The van der Waals surface area contributed by atoms with Crippen LogP contribution in [0.1, 0.15) is 5.56 Å². The molecule has 0 radical (unpaired) electrons. The van der Waals surface area contributed by atoms with Gasteiger partial charge in [-0.2, -0.15) is 5.26 Å². The highest BCUT2D eigenvalue weighted by atomic mass is 16.4. The molecule has 0 saturated heterocycles. The van der Waals surface area contributed by atoms with Gasteiger partial charge < -0.3 is 19.3 Å². The summed E-state index contributed by atoms with van der Waals surface area (Å²) in [6, 6.07) is 55.3. The molecule has 50 heavy (non-hydrogen) atoms. The summed E-state index contributed by atoms with van der Waals surface area (Å²) in [4.78, 5) is 15.6. The monoisotopic (exact) mass is 651 g/mol. The van der Waals surface area contributed by atoms with Crippen molar-refractivity contribution >= 4 is 46.2 Å². The molecular weight excluding hydrogens is 622 g/mol. The Bertz CT molecular complexity index is 2240. The number of benzene rings is 6. The van der Waals surface area contributed by atoms with Crippen LogP contribution in [0.5, 0.6) is 0 Å². The van der Waals surface area contributed by atoms with Gasteiger partial charge in [-0.3, -0.25) is 0 Å². The normalized spacial score (nSPS) is 11.1. The first-order valence-electron chi connectivity index (χ1n) is 15.8. The molecule has 8 nitrogen and oxygen atoms in total. The van der Waals surface area contributed by atoms with Gasteiger partial charge in [0, 0.05) is 45.3 Å². The fraction of sp³-hybridized carbons (Fsp3) is 0. The molecule has 1 N–H and O–H groups in total. The largest absolute Gasteiger partial charge is 0.477 e. The minimum atomic E-state index is -1.26. The topological polar surface area (TPSA) is 106 Å². The zero-order chi connectivity index (χ0) is 34.3. The van der Waals surface area contributed by atoms with E-state index in [4.69, 9.17) is 9.68 Å². The Balaban J connectivity index is 1.13. The molecule has 8 heteroatoms. The van der Waals surface area contributed by atoms with E-state index in [1.54, 1.807) is 18.2 Å². The van der Waals surface area contributed by atoms with Crippen molar-refractivity contribution in [1.29, 1.82) is 5.26 Å². The summed E-state index contributed by atoms with van der Waals surface area (Å²) in [6.45, 7) is 0. The highest BCUT2D eigenvalue weighted by Gasteiger charge is 2.17. The van der Waals surface area contributed by atoms with E-state index in [9.17, 15) is 9.90 Å². The summed E-state index contributed by atoms with van der Waals surface area (Å²) in [5, 5.41) is 27.1. The second kappa shape index (κ2) is 14.3. The number of carboxylic acid groups (broad SMARTS) is 1. The van der Waals surface area contributed by atoms with Crippen molar-refractivity contribution in [3.63, 3.8) is 0 Å². The first-order valence-corrected chi connectivity index (χ1v) is 15.8. The van der Waals surface area contributed by atoms with Crippen LogP contribution in [-0.4, -0.2) is 21.3 Å². The molecule has 7 rings (SSSR count). The maximum atomic E-state index is 11.3. The van der Waals surface area contributed by atoms with Crippen LogP contribution < -0.4 is 9.80 Å². The van der Waals surface area contributed by atoms with Crippen molar-refractivity contribution in [3.8, 4) is 29.0 Å². The predicted octanol–water partition coefficient (Wildman–Crippen LogP) is 10.3.